The van der Waals surface area contributed by atoms with Crippen LogP contribution in [-0.2, 0) is 6.42 Å². The summed E-state index contributed by atoms with van der Waals surface area (Å²) in [4.78, 5) is 0. The van der Waals surface area contributed by atoms with E-state index in [4.69, 9.17) is 5.11 Å². The van der Waals surface area contributed by atoms with Crippen LogP contribution in [0, 0.1) is 5.82 Å². The van der Waals surface area contributed by atoms with Crippen LogP contribution in [0.1, 0.15) is 12.5 Å². The number of hydrogen-bond acceptors (Lipinski definition) is 2. The lowest BCUT2D eigenvalue weighted by Crippen LogP contribution is -2.07. The van der Waals surface area contributed by atoms with Crippen LogP contribution in [0.15, 0.2) is 18.2 Å². The number of ether oxygens (including phenoxy) is 1. The Morgan fingerprint density at radius 3 is 2.53 bits per heavy atom. The van der Waals surface area contributed by atoms with E-state index < -0.39 is 18.5 Å². The molecule has 84 valence electrons. The molecule has 1 aromatic carbocycles. The van der Waals surface area contributed by atoms with Crippen molar-refractivity contribution in [1.29, 1.82) is 0 Å². The predicted octanol–water partition coefficient (Wildman–Crippen LogP) is 2.35. The van der Waals surface area contributed by atoms with Crippen LogP contribution in [0.3, 0.4) is 0 Å². The second-order valence-corrected chi connectivity index (χ2v) is 3.18. The summed E-state index contributed by atoms with van der Waals surface area (Å²) in [7, 11) is 0. The summed E-state index contributed by atoms with van der Waals surface area (Å²) in [6, 6.07) is 3.44. The van der Waals surface area contributed by atoms with Crippen molar-refractivity contribution in [2.45, 2.75) is 26.1 Å². The molecule has 2 nitrogen and oxygen atoms in total. The van der Waals surface area contributed by atoms with Gasteiger partial charge >= 0.3 is 6.61 Å². The summed E-state index contributed by atoms with van der Waals surface area (Å²) < 4.78 is 40.8. The molecule has 0 radical (unpaired) electrons. The Morgan fingerprint density at radius 2 is 2.07 bits per heavy atom. The summed E-state index contributed by atoms with van der Waals surface area (Å²) in [6.45, 7) is -1.45. The van der Waals surface area contributed by atoms with Crippen LogP contribution < -0.4 is 4.74 Å². The van der Waals surface area contributed by atoms with Crippen LogP contribution in [0.4, 0.5) is 13.2 Å². The molecule has 0 aliphatic carbocycles. The van der Waals surface area contributed by atoms with Crippen LogP contribution >= 0.6 is 0 Å². The summed E-state index contributed by atoms with van der Waals surface area (Å²) >= 11 is 0. The van der Waals surface area contributed by atoms with Gasteiger partial charge in [-0.25, -0.2) is 4.39 Å². The molecule has 0 aromatic heterocycles. The summed E-state index contributed by atoms with van der Waals surface area (Å²) in [5.41, 5.74) is 0.270. The smallest absolute Gasteiger partial charge is 0.387 e. The number of aliphatic hydroxyl groups is 1. The fourth-order valence-corrected chi connectivity index (χ4v) is 1.19. The molecule has 1 aromatic rings. The first kappa shape index (κ1) is 11.8. The van der Waals surface area contributed by atoms with Crippen LogP contribution in [-0.4, -0.2) is 17.8 Å². The highest BCUT2D eigenvalue weighted by molar-refractivity contribution is 5.29. The molecular weight excluding hydrogens is 209 g/mol. The summed E-state index contributed by atoms with van der Waals surface area (Å²) in [6.07, 6.45) is -0.540. The van der Waals surface area contributed by atoms with Crippen molar-refractivity contribution < 1.29 is 23.0 Å². The average molecular weight is 220 g/mol. The first-order valence-corrected chi connectivity index (χ1v) is 4.40. The van der Waals surface area contributed by atoms with Crippen LogP contribution in [0.2, 0.25) is 0 Å². The molecule has 0 fully saturated rings. The van der Waals surface area contributed by atoms with Crippen molar-refractivity contribution in [2.24, 2.45) is 0 Å². The quantitative estimate of drug-likeness (QED) is 0.843. The Bertz CT molecular complexity index is 326. The minimum Gasteiger partial charge on any atom is -0.435 e. The third kappa shape index (κ3) is 3.79. The van der Waals surface area contributed by atoms with E-state index in [9.17, 15) is 13.2 Å². The van der Waals surface area contributed by atoms with Crippen molar-refractivity contribution in [3.05, 3.63) is 29.6 Å². The van der Waals surface area contributed by atoms with Gasteiger partial charge in [-0.15, -0.1) is 0 Å². The molecule has 0 bridgehead atoms. The van der Waals surface area contributed by atoms with E-state index in [1.54, 1.807) is 0 Å². The molecule has 5 heteroatoms. The third-order valence-electron chi connectivity index (χ3n) is 1.77. The van der Waals surface area contributed by atoms with Gasteiger partial charge in [0.15, 0.2) is 0 Å². The number of halogens is 3. The molecule has 1 rings (SSSR count). The van der Waals surface area contributed by atoms with Gasteiger partial charge in [0.05, 0.1) is 6.10 Å². The molecule has 15 heavy (non-hydrogen) atoms. The zero-order valence-corrected chi connectivity index (χ0v) is 8.08. The first-order valence-electron chi connectivity index (χ1n) is 4.40. The van der Waals surface area contributed by atoms with Crippen LogP contribution in [0.25, 0.3) is 0 Å². The Balaban J connectivity index is 2.78. The van der Waals surface area contributed by atoms with Gasteiger partial charge < -0.3 is 9.84 Å². The molecule has 0 saturated carbocycles. The predicted molar refractivity (Wildman–Crippen MR) is 48.4 cm³/mol. The Labute approximate surface area is 85.3 Å². The largest absolute Gasteiger partial charge is 0.435 e. The maximum absolute atomic E-state index is 13.2. The highest BCUT2D eigenvalue weighted by atomic mass is 19.3. The van der Waals surface area contributed by atoms with Crippen molar-refractivity contribution in [2.75, 3.05) is 0 Å². The third-order valence-corrected chi connectivity index (χ3v) is 1.77. The summed E-state index contributed by atoms with van der Waals surface area (Å²) in [5, 5.41) is 9.03. The van der Waals surface area contributed by atoms with Crippen LogP contribution in [0.5, 0.6) is 5.75 Å². The first-order chi connectivity index (χ1) is 6.99. The van der Waals surface area contributed by atoms with Gasteiger partial charge in [0.2, 0.25) is 0 Å². The second-order valence-electron chi connectivity index (χ2n) is 3.18. The SMILES string of the molecule is C[C@@H](O)Cc1ccc(OC(F)F)cc1F. The minimum absolute atomic E-state index is 0.140. The maximum atomic E-state index is 13.2. The van der Waals surface area contributed by atoms with E-state index in [1.165, 1.54) is 19.1 Å². The van der Waals surface area contributed by atoms with Gasteiger partial charge in [0.1, 0.15) is 11.6 Å². The number of benzene rings is 1. The molecule has 1 N–H and O–H groups in total. The van der Waals surface area contributed by atoms with Gasteiger partial charge in [-0.1, -0.05) is 6.07 Å². The number of hydrogen-bond donors (Lipinski definition) is 1. The van der Waals surface area contributed by atoms with Gasteiger partial charge in [0.25, 0.3) is 0 Å². The van der Waals surface area contributed by atoms with E-state index in [-0.39, 0.29) is 17.7 Å². The lowest BCUT2D eigenvalue weighted by Gasteiger charge is -2.08. The minimum atomic E-state index is -2.97. The fraction of sp³-hybridized carbons (Fsp3) is 0.400. The Morgan fingerprint density at radius 1 is 1.40 bits per heavy atom. The molecule has 0 spiro atoms. The Kier molecular flexibility index (Phi) is 3.96. The molecule has 0 saturated heterocycles. The van der Waals surface area contributed by atoms with Crippen molar-refractivity contribution in [1.82, 2.24) is 0 Å². The molecular formula is C10H11F3O2. The lowest BCUT2D eigenvalue weighted by molar-refractivity contribution is -0.0500. The Hall–Kier alpha value is -1.23. The normalized spacial score (nSPS) is 12.9. The molecule has 1 atom stereocenters. The number of aliphatic hydroxyl groups excluding tert-OH is 1. The van der Waals surface area contributed by atoms with E-state index in [1.807, 2.05) is 0 Å². The van der Waals surface area contributed by atoms with Gasteiger partial charge in [-0.05, 0) is 18.6 Å². The standard InChI is InChI=1S/C10H11F3O2/c1-6(14)4-7-2-3-8(5-9(7)11)15-10(12)13/h2-3,5-6,10,14H,4H2,1H3/t6-/m1/s1. The fourth-order valence-electron chi connectivity index (χ4n) is 1.19. The van der Waals surface area contributed by atoms with Crippen molar-refractivity contribution >= 4 is 0 Å². The van der Waals surface area contributed by atoms with Gasteiger partial charge in [-0.3, -0.25) is 0 Å². The monoisotopic (exact) mass is 220 g/mol. The second kappa shape index (κ2) is 5.02. The van der Waals surface area contributed by atoms with E-state index in [0.29, 0.717) is 0 Å². The number of rotatable bonds is 4. The highest BCUT2D eigenvalue weighted by Crippen LogP contribution is 2.19. The van der Waals surface area contributed by atoms with E-state index in [0.717, 1.165) is 6.07 Å². The maximum Gasteiger partial charge on any atom is 0.387 e. The number of alkyl halides is 2. The highest BCUT2D eigenvalue weighted by Gasteiger charge is 2.09. The van der Waals surface area contributed by atoms with Crippen molar-refractivity contribution in [3.63, 3.8) is 0 Å². The lowest BCUT2D eigenvalue weighted by atomic mass is 10.1. The molecule has 0 aliphatic rings. The molecule has 0 heterocycles. The van der Waals surface area contributed by atoms with E-state index in [2.05, 4.69) is 4.74 Å². The zero-order chi connectivity index (χ0) is 11.4. The average Bonchev–Trinajstić information content (AvgIpc) is 2.08. The van der Waals surface area contributed by atoms with Gasteiger partial charge in [-0.2, -0.15) is 8.78 Å². The van der Waals surface area contributed by atoms with Gasteiger partial charge in [0, 0.05) is 12.5 Å². The molecule has 0 aliphatic heterocycles. The molecule has 0 unspecified atom stereocenters. The van der Waals surface area contributed by atoms with E-state index >= 15 is 0 Å². The zero-order valence-electron chi connectivity index (χ0n) is 8.08. The van der Waals surface area contributed by atoms with Crippen molar-refractivity contribution in [3.8, 4) is 5.75 Å². The molecule has 0 amide bonds. The topological polar surface area (TPSA) is 29.5 Å². The summed E-state index contributed by atoms with van der Waals surface area (Å²) in [5.74, 6) is -0.883.